The van der Waals surface area contributed by atoms with Gasteiger partial charge in [0.25, 0.3) is 5.91 Å². The SMILES string of the molecule is COc1ccc(C(=O)N/N=C\c2ccsc2)cc1. The predicted molar refractivity (Wildman–Crippen MR) is 72.4 cm³/mol. The maximum absolute atomic E-state index is 11.7. The average Bonchev–Trinajstić information content (AvgIpc) is 2.92. The first-order chi connectivity index (χ1) is 8.79. The van der Waals surface area contributed by atoms with Crippen molar-refractivity contribution >= 4 is 23.5 Å². The van der Waals surface area contributed by atoms with E-state index in [0.717, 1.165) is 5.56 Å². The third-order valence-corrected chi connectivity index (χ3v) is 2.98. The van der Waals surface area contributed by atoms with Crippen molar-refractivity contribution in [1.82, 2.24) is 5.43 Å². The molecule has 0 radical (unpaired) electrons. The summed E-state index contributed by atoms with van der Waals surface area (Å²) in [6, 6.07) is 8.77. The van der Waals surface area contributed by atoms with E-state index < -0.39 is 0 Å². The zero-order valence-corrected chi connectivity index (χ0v) is 10.6. The van der Waals surface area contributed by atoms with Gasteiger partial charge in [0.15, 0.2) is 0 Å². The number of ether oxygens (including phenoxy) is 1. The topological polar surface area (TPSA) is 50.7 Å². The minimum absolute atomic E-state index is 0.246. The van der Waals surface area contributed by atoms with Gasteiger partial charge in [-0.1, -0.05) is 0 Å². The van der Waals surface area contributed by atoms with E-state index in [9.17, 15) is 4.79 Å². The molecule has 0 saturated carbocycles. The highest BCUT2D eigenvalue weighted by Crippen LogP contribution is 2.11. The highest BCUT2D eigenvalue weighted by atomic mass is 32.1. The second-order valence-corrected chi connectivity index (χ2v) is 4.26. The summed E-state index contributed by atoms with van der Waals surface area (Å²) >= 11 is 1.58. The van der Waals surface area contributed by atoms with Gasteiger partial charge >= 0.3 is 0 Å². The molecule has 0 aliphatic heterocycles. The monoisotopic (exact) mass is 260 g/mol. The molecule has 0 aliphatic carbocycles. The molecule has 0 spiro atoms. The number of benzene rings is 1. The van der Waals surface area contributed by atoms with Gasteiger partial charge in [-0.25, -0.2) is 5.43 Å². The average molecular weight is 260 g/mol. The quantitative estimate of drug-likeness (QED) is 0.678. The standard InChI is InChI=1S/C13H12N2O2S/c1-17-12-4-2-11(3-5-12)13(16)15-14-8-10-6-7-18-9-10/h2-9H,1H3,(H,15,16)/b14-8-. The lowest BCUT2D eigenvalue weighted by Crippen LogP contribution is -2.17. The molecule has 1 N–H and O–H groups in total. The number of carbonyl (C=O) groups excluding carboxylic acids is 1. The lowest BCUT2D eigenvalue weighted by Gasteiger charge is -2.01. The summed E-state index contributed by atoms with van der Waals surface area (Å²) in [7, 11) is 1.58. The third kappa shape index (κ3) is 3.18. The molecule has 0 atom stereocenters. The van der Waals surface area contributed by atoms with Crippen LogP contribution in [0.25, 0.3) is 0 Å². The Morgan fingerprint density at radius 1 is 1.33 bits per heavy atom. The van der Waals surface area contributed by atoms with Crippen LogP contribution in [0.3, 0.4) is 0 Å². The molecule has 0 saturated heterocycles. The Kier molecular flexibility index (Phi) is 4.09. The molecular weight excluding hydrogens is 248 g/mol. The smallest absolute Gasteiger partial charge is 0.271 e. The number of methoxy groups -OCH3 is 1. The molecule has 92 valence electrons. The number of thiophene rings is 1. The molecule has 0 unspecified atom stereocenters. The molecule has 0 fully saturated rings. The number of carbonyl (C=O) groups is 1. The van der Waals surface area contributed by atoms with Crippen molar-refractivity contribution in [3.63, 3.8) is 0 Å². The van der Waals surface area contributed by atoms with E-state index in [4.69, 9.17) is 4.74 Å². The summed E-state index contributed by atoms with van der Waals surface area (Å²) in [5.41, 5.74) is 3.98. The normalized spacial score (nSPS) is 10.5. The van der Waals surface area contributed by atoms with Crippen molar-refractivity contribution in [2.75, 3.05) is 7.11 Å². The third-order valence-electron chi connectivity index (χ3n) is 2.28. The van der Waals surface area contributed by atoms with Gasteiger partial charge in [0.2, 0.25) is 0 Å². The number of amides is 1. The van der Waals surface area contributed by atoms with Crippen molar-refractivity contribution in [3.8, 4) is 5.75 Å². The molecule has 5 heteroatoms. The zero-order chi connectivity index (χ0) is 12.8. The summed E-state index contributed by atoms with van der Waals surface area (Å²) in [4.78, 5) is 11.7. The number of hydrogen-bond acceptors (Lipinski definition) is 4. The molecule has 2 rings (SSSR count). The van der Waals surface area contributed by atoms with Gasteiger partial charge in [-0.15, -0.1) is 0 Å². The second kappa shape index (κ2) is 5.97. The van der Waals surface area contributed by atoms with Crippen LogP contribution in [0.1, 0.15) is 15.9 Å². The Morgan fingerprint density at radius 3 is 2.72 bits per heavy atom. The fraction of sp³-hybridized carbons (Fsp3) is 0.0769. The maximum Gasteiger partial charge on any atom is 0.271 e. The van der Waals surface area contributed by atoms with Crippen LogP contribution in [0.4, 0.5) is 0 Å². The van der Waals surface area contributed by atoms with Crippen molar-refractivity contribution in [1.29, 1.82) is 0 Å². The van der Waals surface area contributed by atoms with Crippen molar-refractivity contribution in [3.05, 3.63) is 52.2 Å². The highest BCUT2D eigenvalue weighted by molar-refractivity contribution is 7.08. The number of nitrogens with one attached hydrogen (secondary N) is 1. The Morgan fingerprint density at radius 2 is 2.11 bits per heavy atom. The Hall–Kier alpha value is -2.14. The molecule has 1 heterocycles. The van der Waals surface area contributed by atoms with Gasteiger partial charge in [0, 0.05) is 11.1 Å². The van der Waals surface area contributed by atoms with Crippen molar-refractivity contribution < 1.29 is 9.53 Å². The van der Waals surface area contributed by atoms with Crippen LogP contribution in [0.15, 0.2) is 46.2 Å². The molecule has 1 aromatic carbocycles. The van der Waals surface area contributed by atoms with E-state index in [1.807, 2.05) is 16.8 Å². The first kappa shape index (κ1) is 12.3. The lowest BCUT2D eigenvalue weighted by atomic mass is 10.2. The first-order valence-electron chi connectivity index (χ1n) is 5.29. The van der Waals surface area contributed by atoms with Crippen LogP contribution in [-0.2, 0) is 0 Å². The molecule has 0 bridgehead atoms. The minimum Gasteiger partial charge on any atom is -0.497 e. The maximum atomic E-state index is 11.7. The first-order valence-corrected chi connectivity index (χ1v) is 6.23. The van der Waals surface area contributed by atoms with Crippen LogP contribution in [0, 0.1) is 0 Å². The van der Waals surface area contributed by atoms with Crippen LogP contribution in [-0.4, -0.2) is 19.2 Å². The molecule has 0 aliphatic rings. The number of hydrogen-bond donors (Lipinski definition) is 1. The van der Waals surface area contributed by atoms with Crippen molar-refractivity contribution in [2.24, 2.45) is 5.10 Å². The molecule has 1 amide bonds. The Balaban J connectivity index is 1.95. The fourth-order valence-electron chi connectivity index (χ4n) is 1.32. The van der Waals surface area contributed by atoms with Crippen molar-refractivity contribution in [2.45, 2.75) is 0 Å². The summed E-state index contributed by atoms with van der Waals surface area (Å²) in [5, 5.41) is 7.78. The van der Waals surface area contributed by atoms with Crippen LogP contribution < -0.4 is 10.2 Å². The summed E-state index contributed by atoms with van der Waals surface area (Å²) in [6.45, 7) is 0. The number of rotatable bonds is 4. The van der Waals surface area contributed by atoms with Gasteiger partial charge in [0.05, 0.1) is 13.3 Å². The number of hydrazone groups is 1. The Bertz CT molecular complexity index is 533. The van der Waals surface area contributed by atoms with Gasteiger partial charge in [-0.3, -0.25) is 4.79 Å². The van der Waals surface area contributed by atoms with Gasteiger partial charge < -0.3 is 4.74 Å². The van der Waals surface area contributed by atoms with E-state index in [0.29, 0.717) is 11.3 Å². The highest BCUT2D eigenvalue weighted by Gasteiger charge is 2.03. The van der Waals surface area contributed by atoms with Gasteiger partial charge in [-0.2, -0.15) is 16.4 Å². The fourth-order valence-corrected chi connectivity index (χ4v) is 1.93. The minimum atomic E-state index is -0.246. The number of nitrogens with zero attached hydrogens (tertiary/aromatic N) is 1. The zero-order valence-electron chi connectivity index (χ0n) is 9.79. The van der Waals surface area contributed by atoms with Gasteiger partial charge in [0.1, 0.15) is 5.75 Å². The van der Waals surface area contributed by atoms with Gasteiger partial charge in [-0.05, 0) is 41.1 Å². The van der Waals surface area contributed by atoms with Crippen LogP contribution in [0.2, 0.25) is 0 Å². The lowest BCUT2D eigenvalue weighted by molar-refractivity contribution is 0.0955. The molecule has 4 nitrogen and oxygen atoms in total. The summed E-state index contributed by atoms with van der Waals surface area (Å²) in [6.07, 6.45) is 1.61. The second-order valence-electron chi connectivity index (χ2n) is 3.48. The molecular formula is C13H12N2O2S. The largest absolute Gasteiger partial charge is 0.497 e. The predicted octanol–water partition coefficient (Wildman–Crippen LogP) is 2.52. The molecule has 18 heavy (non-hydrogen) atoms. The summed E-state index contributed by atoms with van der Waals surface area (Å²) in [5.74, 6) is 0.470. The van der Waals surface area contributed by atoms with E-state index >= 15 is 0 Å². The van der Waals surface area contributed by atoms with Crippen LogP contribution >= 0.6 is 11.3 Å². The van der Waals surface area contributed by atoms with E-state index in [1.54, 1.807) is 48.9 Å². The van der Waals surface area contributed by atoms with E-state index in [-0.39, 0.29) is 5.91 Å². The van der Waals surface area contributed by atoms with E-state index in [2.05, 4.69) is 10.5 Å². The van der Waals surface area contributed by atoms with E-state index in [1.165, 1.54) is 0 Å². The molecule has 1 aromatic heterocycles. The Labute approximate surface area is 109 Å². The summed E-state index contributed by atoms with van der Waals surface area (Å²) < 4.78 is 5.02. The van der Waals surface area contributed by atoms with Crippen LogP contribution in [0.5, 0.6) is 5.75 Å². The molecule has 2 aromatic rings.